The van der Waals surface area contributed by atoms with Gasteiger partial charge in [-0.15, -0.1) is 0 Å². The van der Waals surface area contributed by atoms with Gasteiger partial charge >= 0.3 is 5.97 Å². The fourth-order valence-electron chi connectivity index (χ4n) is 1.81. The van der Waals surface area contributed by atoms with Crippen molar-refractivity contribution in [2.45, 2.75) is 0 Å². The molecule has 0 aliphatic carbocycles. The molecule has 0 heterocycles. The van der Waals surface area contributed by atoms with E-state index in [0.29, 0.717) is 17.2 Å². The largest absolute Gasteiger partial charge is 0.493 e. The normalized spacial score (nSPS) is 9.86. The van der Waals surface area contributed by atoms with Crippen molar-refractivity contribution in [3.63, 3.8) is 0 Å². The average molecular weight is 301 g/mol. The molecule has 6 heteroatoms. The summed E-state index contributed by atoms with van der Waals surface area (Å²) in [5.74, 6) is -0.461. The van der Waals surface area contributed by atoms with Crippen LogP contribution in [0.15, 0.2) is 48.5 Å². The molecular formula is C16H15NO5. The van der Waals surface area contributed by atoms with Gasteiger partial charge in [-0.3, -0.25) is 4.79 Å². The highest BCUT2D eigenvalue weighted by Crippen LogP contribution is 2.25. The molecule has 2 aromatic carbocycles. The fraction of sp³-hybridized carbons (Fsp3) is 0.125. The molecule has 0 aliphatic heterocycles. The highest BCUT2D eigenvalue weighted by molar-refractivity contribution is 5.94. The number of aromatic carboxylic acids is 1. The van der Waals surface area contributed by atoms with E-state index in [1.54, 1.807) is 36.4 Å². The Kier molecular flexibility index (Phi) is 4.98. The summed E-state index contributed by atoms with van der Waals surface area (Å²) in [4.78, 5) is 22.7. The number of hydrogen-bond donors (Lipinski definition) is 2. The predicted molar refractivity (Wildman–Crippen MR) is 80.5 cm³/mol. The molecule has 0 aliphatic rings. The van der Waals surface area contributed by atoms with E-state index in [1.807, 2.05) is 0 Å². The molecule has 0 radical (unpaired) electrons. The van der Waals surface area contributed by atoms with Crippen LogP contribution >= 0.6 is 0 Å². The van der Waals surface area contributed by atoms with Crippen molar-refractivity contribution in [3.8, 4) is 11.5 Å². The minimum Gasteiger partial charge on any atom is -0.493 e. The van der Waals surface area contributed by atoms with Crippen molar-refractivity contribution in [1.82, 2.24) is 0 Å². The summed E-state index contributed by atoms with van der Waals surface area (Å²) in [6.45, 7) is -0.211. The van der Waals surface area contributed by atoms with Crippen LogP contribution in [-0.2, 0) is 4.79 Å². The number of nitrogens with one attached hydrogen (secondary N) is 1. The number of hydrogen-bond acceptors (Lipinski definition) is 4. The number of carboxylic acids is 1. The van der Waals surface area contributed by atoms with Gasteiger partial charge in [-0.1, -0.05) is 18.2 Å². The van der Waals surface area contributed by atoms with Crippen LogP contribution in [0.2, 0.25) is 0 Å². The third-order valence-corrected chi connectivity index (χ3v) is 2.82. The molecule has 0 fully saturated rings. The zero-order chi connectivity index (χ0) is 15.9. The zero-order valence-electron chi connectivity index (χ0n) is 11.9. The van der Waals surface area contributed by atoms with Gasteiger partial charge in [0.05, 0.1) is 12.7 Å². The zero-order valence-corrected chi connectivity index (χ0v) is 11.9. The van der Waals surface area contributed by atoms with Gasteiger partial charge in [0.15, 0.2) is 18.1 Å². The topological polar surface area (TPSA) is 84.9 Å². The number of amides is 1. The fourth-order valence-corrected chi connectivity index (χ4v) is 1.81. The van der Waals surface area contributed by atoms with Crippen LogP contribution in [0.3, 0.4) is 0 Å². The van der Waals surface area contributed by atoms with Crippen LogP contribution in [0.25, 0.3) is 0 Å². The van der Waals surface area contributed by atoms with Gasteiger partial charge in [0, 0.05) is 5.69 Å². The number of benzene rings is 2. The first kappa shape index (κ1) is 15.4. The predicted octanol–water partition coefficient (Wildman–Crippen LogP) is 2.41. The summed E-state index contributed by atoms with van der Waals surface area (Å²) >= 11 is 0. The number of ether oxygens (including phenoxy) is 2. The molecule has 0 atom stereocenters. The maximum Gasteiger partial charge on any atom is 0.335 e. The molecule has 0 aromatic heterocycles. The van der Waals surface area contributed by atoms with Crippen LogP contribution < -0.4 is 14.8 Å². The van der Waals surface area contributed by atoms with Crippen molar-refractivity contribution in [2.75, 3.05) is 19.0 Å². The molecule has 2 N–H and O–H groups in total. The van der Waals surface area contributed by atoms with Crippen molar-refractivity contribution < 1.29 is 24.2 Å². The molecule has 0 saturated heterocycles. The van der Waals surface area contributed by atoms with Crippen molar-refractivity contribution >= 4 is 17.6 Å². The molecular weight excluding hydrogens is 286 g/mol. The standard InChI is InChI=1S/C16H15NO5/c1-21-13-7-2-3-8-14(13)22-10-15(18)17-12-6-4-5-11(9-12)16(19)20/h2-9H,10H2,1H3,(H,17,18)(H,19,20). The van der Waals surface area contributed by atoms with Crippen LogP contribution in [-0.4, -0.2) is 30.7 Å². The molecule has 6 nitrogen and oxygen atoms in total. The van der Waals surface area contributed by atoms with E-state index in [1.165, 1.54) is 19.2 Å². The van der Waals surface area contributed by atoms with Gasteiger partial charge in [-0.25, -0.2) is 4.79 Å². The minimum atomic E-state index is -1.05. The van der Waals surface area contributed by atoms with Crippen LogP contribution in [0, 0.1) is 0 Å². The Morgan fingerprint density at radius 1 is 1.09 bits per heavy atom. The molecule has 0 spiro atoms. The molecule has 0 saturated carbocycles. The Labute approximate surface area is 127 Å². The first-order chi connectivity index (χ1) is 10.6. The van der Waals surface area contributed by atoms with Gasteiger partial charge in [0.1, 0.15) is 0 Å². The molecule has 2 rings (SSSR count). The summed E-state index contributed by atoms with van der Waals surface area (Å²) in [6.07, 6.45) is 0. The number of anilines is 1. The van der Waals surface area contributed by atoms with Gasteiger partial charge in [0.25, 0.3) is 5.91 Å². The lowest BCUT2D eigenvalue weighted by atomic mass is 10.2. The van der Waals surface area contributed by atoms with Crippen molar-refractivity contribution in [3.05, 3.63) is 54.1 Å². The quantitative estimate of drug-likeness (QED) is 0.856. The number of methoxy groups -OCH3 is 1. The van der Waals surface area contributed by atoms with Gasteiger partial charge in [-0.05, 0) is 30.3 Å². The lowest BCUT2D eigenvalue weighted by molar-refractivity contribution is -0.118. The molecule has 1 amide bonds. The van der Waals surface area contributed by atoms with Crippen molar-refractivity contribution in [2.24, 2.45) is 0 Å². The van der Waals surface area contributed by atoms with Crippen molar-refractivity contribution in [1.29, 1.82) is 0 Å². The summed E-state index contributed by atoms with van der Waals surface area (Å²) in [5.41, 5.74) is 0.497. The Bertz CT molecular complexity index is 684. The second-order valence-electron chi connectivity index (χ2n) is 4.37. The smallest absolute Gasteiger partial charge is 0.335 e. The maximum atomic E-state index is 11.8. The third kappa shape index (κ3) is 3.99. The number of carboxylic acid groups (broad SMARTS) is 1. The van der Waals surface area contributed by atoms with E-state index in [4.69, 9.17) is 14.6 Å². The Morgan fingerprint density at radius 3 is 2.50 bits per heavy atom. The minimum absolute atomic E-state index is 0.100. The first-order valence-corrected chi connectivity index (χ1v) is 6.49. The van der Waals surface area contributed by atoms with Gasteiger partial charge < -0.3 is 19.9 Å². The molecule has 114 valence electrons. The lowest BCUT2D eigenvalue weighted by Crippen LogP contribution is -2.20. The Morgan fingerprint density at radius 2 is 1.82 bits per heavy atom. The summed E-state index contributed by atoms with van der Waals surface area (Å²) in [5, 5.41) is 11.5. The van der Waals surface area contributed by atoms with E-state index < -0.39 is 11.9 Å². The number of carbonyl (C=O) groups excluding carboxylic acids is 1. The summed E-state index contributed by atoms with van der Waals surface area (Å²) in [6, 6.07) is 13.0. The van der Waals surface area contributed by atoms with Crippen LogP contribution in [0.5, 0.6) is 11.5 Å². The highest BCUT2D eigenvalue weighted by atomic mass is 16.5. The Hall–Kier alpha value is -3.02. The second kappa shape index (κ2) is 7.12. The second-order valence-corrected chi connectivity index (χ2v) is 4.37. The monoisotopic (exact) mass is 301 g/mol. The van der Waals surface area contributed by atoms with E-state index >= 15 is 0 Å². The summed E-state index contributed by atoms with van der Waals surface area (Å²) < 4.78 is 10.5. The molecule has 2 aromatic rings. The summed E-state index contributed by atoms with van der Waals surface area (Å²) in [7, 11) is 1.51. The van der Waals surface area contributed by atoms with E-state index in [9.17, 15) is 9.59 Å². The number of para-hydroxylation sites is 2. The van der Waals surface area contributed by atoms with Gasteiger partial charge in [-0.2, -0.15) is 0 Å². The maximum absolute atomic E-state index is 11.8. The highest BCUT2D eigenvalue weighted by Gasteiger charge is 2.09. The first-order valence-electron chi connectivity index (χ1n) is 6.49. The van der Waals surface area contributed by atoms with Gasteiger partial charge in [0.2, 0.25) is 0 Å². The van der Waals surface area contributed by atoms with E-state index in [-0.39, 0.29) is 12.2 Å². The van der Waals surface area contributed by atoms with E-state index in [0.717, 1.165) is 0 Å². The third-order valence-electron chi connectivity index (χ3n) is 2.82. The molecule has 0 bridgehead atoms. The lowest BCUT2D eigenvalue weighted by Gasteiger charge is -2.10. The van der Waals surface area contributed by atoms with Crippen LogP contribution in [0.4, 0.5) is 5.69 Å². The van der Waals surface area contributed by atoms with Crippen LogP contribution in [0.1, 0.15) is 10.4 Å². The SMILES string of the molecule is COc1ccccc1OCC(=O)Nc1cccc(C(=O)O)c1. The van der Waals surface area contributed by atoms with E-state index in [2.05, 4.69) is 5.32 Å². The molecule has 22 heavy (non-hydrogen) atoms. The number of rotatable bonds is 6. The number of carbonyl (C=O) groups is 2. The molecule has 0 unspecified atom stereocenters. The Balaban J connectivity index is 1.96. The average Bonchev–Trinajstić information content (AvgIpc) is 2.53.